The summed E-state index contributed by atoms with van der Waals surface area (Å²) in [5.74, 6) is 2.13. The molecule has 1 aliphatic heterocycles. The van der Waals surface area contributed by atoms with Crippen molar-refractivity contribution in [2.24, 2.45) is 11.8 Å². The maximum Gasteiger partial charge on any atom is 0.277 e. The van der Waals surface area contributed by atoms with Crippen LogP contribution in [-0.2, 0) is 4.79 Å². The molecule has 2 aromatic rings. The number of phenolic OH excluding ortho intramolecular Hbond substituents is 1. The molecule has 47 heavy (non-hydrogen) atoms. The van der Waals surface area contributed by atoms with Gasteiger partial charge >= 0.3 is 0 Å². The third-order valence-electron chi connectivity index (χ3n) is 7.83. The Balaban J connectivity index is 0.00000768. The Labute approximate surface area is 292 Å². The van der Waals surface area contributed by atoms with Crippen molar-refractivity contribution in [2.75, 3.05) is 54.0 Å². The number of carbonyl (C=O) groups is 2. The van der Waals surface area contributed by atoms with Gasteiger partial charge in [0.05, 0.1) is 39.9 Å². The first-order valence-corrected chi connectivity index (χ1v) is 16.5. The lowest BCUT2D eigenvalue weighted by atomic mass is 9.97. The number of ether oxygens (including phenoxy) is 3. The zero-order chi connectivity index (χ0) is 34.1. The lowest BCUT2D eigenvalue weighted by molar-refractivity contribution is -0.883. The van der Waals surface area contributed by atoms with E-state index in [9.17, 15) is 14.7 Å². The quantitative estimate of drug-likeness (QED) is 0.114. The molecule has 0 unspecified atom stereocenters. The number of methoxy groups -OCH3 is 1. The Morgan fingerprint density at radius 3 is 2.26 bits per heavy atom. The van der Waals surface area contributed by atoms with Crippen molar-refractivity contribution in [1.29, 1.82) is 0 Å². The average Bonchev–Trinajstić information content (AvgIpc) is 2.96. The Hall–Kier alpha value is -3.30. The van der Waals surface area contributed by atoms with E-state index in [1.54, 1.807) is 18.2 Å². The molecule has 8 nitrogen and oxygen atoms in total. The number of halogens is 1. The summed E-state index contributed by atoms with van der Waals surface area (Å²) >= 11 is 0. The fourth-order valence-corrected chi connectivity index (χ4v) is 5.53. The SMILES string of the molecule is COc1cc2c(c(O)c1C(=O)/C=C/c1ccc(OCCCCC[N+](C)(C)CC(=O)N(CC(C)C)CC(C)C)cc1)C=CC(C)(C)O2.[Br-]. The van der Waals surface area contributed by atoms with Crippen molar-refractivity contribution in [1.82, 2.24) is 4.90 Å². The molecular weight excluding hydrogens is 660 g/mol. The van der Waals surface area contributed by atoms with Gasteiger partial charge in [-0.25, -0.2) is 0 Å². The number of nitrogens with zero attached hydrogens (tertiary/aromatic N) is 2. The predicted octanol–water partition coefficient (Wildman–Crippen LogP) is 4.25. The Morgan fingerprint density at radius 1 is 1.02 bits per heavy atom. The van der Waals surface area contributed by atoms with Crippen molar-refractivity contribution >= 4 is 23.8 Å². The highest BCUT2D eigenvalue weighted by Gasteiger charge is 2.29. The number of aromatic hydroxyl groups is 1. The number of phenols is 1. The van der Waals surface area contributed by atoms with Crippen LogP contribution in [0, 0.1) is 11.8 Å². The summed E-state index contributed by atoms with van der Waals surface area (Å²) in [7, 11) is 5.74. The van der Waals surface area contributed by atoms with Crippen LogP contribution in [0.15, 0.2) is 42.5 Å². The first kappa shape index (κ1) is 39.9. The van der Waals surface area contributed by atoms with Crippen molar-refractivity contribution in [3.8, 4) is 23.0 Å². The van der Waals surface area contributed by atoms with Gasteiger partial charge < -0.3 is 45.7 Å². The number of rotatable bonds is 17. The second-order valence-electron chi connectivity index (χ2n) is 14.3. The topological polar surface area (TPSA) is 85.3 Å². The summed E-state index contributed by atoms with van der Waals surface area (Å²) < 4.78 is 18.0. The number of carbonyl (C=O) groups excluding carboxylic acids is 2. The van der Waals surface area contributed by atoms with Gasteiger partial charge in [-0.3, -0.25) is 9.59 Å². The van der Waals surface area contributed by atoms with Gasteiger partial charge in [0.15, 0.2) is 12.3 Å². The second-order valence-corrected chi connectivity index (χ2v) is 14.3. The summed E-state index contributed by atoms with van der Waals surface area (Å²) in [5, 5.41) is 10.9. The maximum absolute atomic E-state index is 13.1. The molecule has 0 radical (unpaired) electrons. The van der Waals surface area contributed by atoms with Crippen LogP contribution >= 0.6 is 0 Å². The molecule has 0 saturated heterocycles. The largest absolute Gasteiger partial charge is 1.00 e. The van der Waals surface area contributed by atoms with E-state index in [-0.39, 0.29) is 45.7 Å². The lowest BCUT2D eigenvalue weighted by Gasteiger charge is -2.33. The molecule has 2 aromatic carbocycles. The van der Waals surface area contributed by atoms with Gasteiger partial charge in [0, 0.05) is 19.2 Å². The van der Waals surface area contributed by atoms with Crippen LogP contribution in [0.4, 0.5) is 0 Å². The fraction of sp³-hybridized carbons (Fsp3) is 0.526. The van der Waals surface area contributed by atoms with Gasteiger partial charge in [0.25, 0.3) is 5.91 Å². The van der Waals surface area contributed by atoms with Gasteiger partial charge in [0.1, 0.15) is 34.2 Å². The highest BCUT2D eigenvalue weighted by molar-refractivity contribution is 6.11. The van der Waals surface area contributed by atoms with E-state index in [0.717, 1.165) is 50.2 Å². The summed E-state index contributed by atoms with van der Waals surface area (Å²) in [6.07, 6.45) is 9.73. The first-order chi connectivity index (χ1) is 21.6. The molecule has 0 atom stereocenters. The van der Waals surface area contributed by atoms with Crippen LogP contribution in [0.25, 0.3) is 12.2 Å². The molecule has 0 bridgehead atoms. The van der Waals surface area contributed by atoms with Gasteiger partial charge in [0.2, 0.25) is 0 Å². The van der Waals surface area contributed by atoms with E-state index in [0.29, 0.717) is 40.8 Å². The molecule has 1 amide bonds. The average molecular weight is 716 g/mol. The molecule has 0 aliphatic carbocycles. The minimum atomic E-state index is -0.520. The van der Waals surface area contributed by atoms with Gasteiger partial charge in [-0.15, -0.1) is 0 Å². The van der Waals surface area contributed by atoms with Gasteiger partial charge in [-0.05, 0) is 80.9 Å². The molecule has 3 rings (SSSR count). The molecule has 0 spiro atoms. The normalized spacial score (nSPS) is 13.7. The molecule has 260 valence electrons. The third-order valence-corrected chi connectivity index (χ3v) is 7.83. The molecule has 0 fully saturated rings. The Morgan fingerprint density at radius 2 is 1.66 bits per heavy atom. The highest BCUT2D eigenvalue weighted by Crippen LogP contribution is 2.43. The van der Waals surface area contributed by atoms with Crippen molar-refractivity contribution < 1.29 is 50.4 Å². The van der Waals surface area contributed by atoms with Gasteiger partial charge in [-0.2, -0.15) is 0 Å². The summed E-state index contributed by atoms with van der Waals surface area (Å²) in [4.78, 5) is 28.2. The number of fused-ring (bicyclic) bond motifs is 1. The summed E-state index contributed by atoms with van der Waals surface area (Å²) in [6, 6.07) is 9.19. The second kappa shape index (κ2) is 17.7. The van der Waals surface area contributed by atoms with E-state index < -0.39 is 5.60 Å². The van der Waals surface area contributed by atoms with Gasteiger partial charge in [-0.1, -0.05) is 45.9 Å². The van der Waals surface area contributed by atoms with E-state index in [1.165, 1.54) is 13.2 Å². The van der Waals surface area contributed by atoms with Crippen LogP contribution in [-0.4, -0.2) is 85.8 Å². The third kappa shape index (κ3) is 12.3. The number of likely N-dealkylation sites (N-methyl/N-ethyl adjacent to an activating group) is 1. The highest BCUT2D eigenvalue weighted by atomic mass is 79.9. The van der Waals surface area contributed by atoms with Crippen LogP contribution in [0.1, 0.15) is 82.3 Å². The van der Waals surface area contributed by atoms with Crippen LogP contribution in [0.3, 0.4) is 0 Å². The molecule has 1 aliphatic rings. The van der Waals surface area contributed by atoms with E-state index in [2.05, 4.69) is 41.8 Å². The van der Waals surface area contributed by atoms with E-state index >= 15 is 0 Å². The molecule has 1 N–H and O–H groups in total. The monoisotopic (exact) mass is 714 g/mol. The number of hydrogen-bond acceptors (Lipinski definition) is 6. The number of allylic oxidation sites excluding steroid dienone is 1. The van der Waals surface area contributed by atoms with Crippen molar-refractivity contribution in [3.05, 3.63) is 59.2 Å². The van der Waals surface area contributed by atoms with E-state index in [1.807, 2.05) is 49.1 Å². The number of unbranched alkanes of at least 4 members (excludes halogenated alkanes) is 2. The van der Waals surface area contributed by atoms with Crippen molar-refractivity contribution in [3.63, 3.8) is 0 Å². The van der Waals surface area contributed by atoms with Crippen LogP contribution in [0.2, 0.25) is 0 Å². The predicted molar refractivity (Wildman–Crippen MR) is 186 cm³/mol. The Kier molecular flexibility index (Phi) is 15.0. The molecule has 0 saturated carbocycles. The zero-order valence-corrected chi connectivity index (χ0v) is 31.4. The fourth-order valence-electron chi connectivity index (χ4n) is 5.53. The summed E-state index contributed by atoms with van der Waals surface area (Å²) in [5.41, 5.74) is 0.866. The summed E-state index contributed by atoms with van der Waals surface area (Å²) in [6.45, 7) is 16.2. The number of quaternary nitrogens is 1. The number of hydrogen-bond donors (Lipinski definition) is 1. The first-order valence-electron chi connectivity index (χ1n) is 16.5. The molecular formula is C38H55BrN2O6. The standard InChI is InChI=1S/C38H54N2O6.BrH/c1-27(2)24-39(25-28(3)4)35(42)26-40(7,8)21-11-10-12-22-45-30-16-13-29(14-17-30)15-18-32(41)36-34(44-9)23-33-31(37(36)43)19-20-38(5,6)46-33;/h13-20,23,27-28H,10-12,21-22,24-26H2,1-9H3;1H/b18-15+;. The van der Waals surface area contributed by atoms with E-state index in [4.69, 9.17) is 14.2 Å². The number of amides is 1. The number of benzene rings is 2. The lowest BCUT2D eigenvalue weighted by Crippen LogP contribution is -3.00. The molecule has 1 heterocycles. The maximum atomic E-state index is 13.1. The molecule has 9 heteroatoms. The smallest absolute Gasteiger partial charge is 0.277 e. The van der Waals surface area contributed by atoms with Crippen LogP contribution in [0.5, 0.6) is 23.0 Å². The number of ketones is 1. The van der Waals surface area contributed by atoms with Crippen LogP contribution < -0.4 is 31.2 Å². The molecule has 0 aromatic heterocycles. The Bertz CT molecular complexity index is 1390. The van der Waals surface area contributed by atoms with Crippen molar-refractivity contribution in [2.45, 2.75) is 66.4 Å². The minimum absolute atomic E-state index is 0. The zero-order valence-electron chi connectivity index (χ0n) is 29.8. The minimum Gasteiger partial charge on any atom is -1.00 e.